The summed E-state index contributed by atoms with van der Waals surface area (Å²) >= 11 is 6.06. The lowest BCUT2D eigenvalue weighted by molar-refractivity contribution is -0.386. The van der Waals surface area contributed by atoms with E-state index in [2.05, 4.69) is 15.3 Å². The number of halogens is 1. The van der Waals surface area contributed by atoms with Crippen molar-refractivity contribution in [2.24, 2.45) is 0 Å². The van der Waals surface area contributed by atoms with Crippen LogP contribution in [0.1, 0.15) is 12.5 Å². The lowest BCUT2D eigenvalue weighted by Crippen LogP contribution is -2.05. The molecule has 0 saturated carbocycles. The van der Waals surface area contributed by atoms with Crippen molar-refractivity contribution in [3.63, 3.8) is 0 Å². The van der Waals surface area contributed by atoms with Crippen molar-refractivity contribution in [2.45, 2.75) is 13.8 Å². The van der Waals surface area contributed by atoms with Gasteiger partial charge in [-0.15, -0.1) is 0 Å². The zero-order valence-electron chi connectivity index (χ0n) is 11.5. The van der Waals surface area contributed by atoms with E-state index in [9.17, 15) is 10.1 Å². The molecular formula is C13H13ClN4O3. The first-order valence-corrected chi connectivity index (χ1v) is 6.58. The van der Waals surface area contributed by atoms with Crippen LogP contribution in [-0.2, 0) is 0 Å². The summed E-state index contributed by atoms with van der Waals surface area (Å²) < 4.78 is 5.48. The van der Waals surface area contributed by atoms with E-state index in [4.69, 9.17) is 16.3 Å². The number of aromatic nitrogens is 2. The van der Waals surface area contributed by atoms with E-state index in [1.807, 2.05) is 13.8 Å². The smallest absolute Gasteiger partial charge is 0.349 e. The highest BCUT2D eigenvalue weighted by atomic mass is 35.5. The van der Waals surface area contributed by atoms with Crippen LogP contribution in [0.5, 0.6) is 11.6 Å². The summed E-state index contributed by atoms with van der Waals surface area (Å²) in [6.45, 7) is 4.33. The predicted octanol–water partition coefficient (Wildman–Crippen LogP) is 3.57. The molecule has 7 nitrogen and oxygen atoms in total. The molecule has 0 amide bonds. The third-order valence-corrected chi connectivity index (χ3v) is 2.86. The number of hydrogen-bond acceptors (Lipinski definition) is 6. The van der Waals surface area contributed by atoms with Gasteiger partial charge in [0.15, 0.2) is 0 Å². The Morgan fingerprint density at radius 3 is 2.86 bits per heavy atom. The van der Waals surface area contributed by atoms with Gasteiger partial charge in [-0.1, -0.05) is 17.7 Å². The average molecular weight is 309 g/mol. The number of nitrogens with zero attached hydrogens (tertiary/aromatic N) is 3. The van der Waals surface area contributed by atoms with Crippen molar-refractivity contribution in [1.29, 1.82) is 0 Å². The summed E-state index contributed by atoms with van der Waals surface area (Å²) in [7, 11) is 0. The fraction of sp³-hybridized carbons (Fsp3) is 0.231. The average Bonchev–Trinajstić information content (AvgIpc) is 2.42. The minimum atomic E-state index is -0.604. The molecule has 21 heavy (non-hydrogen) atoms. The SMILES string of the molecule is CCNc1ncc([N+](=O)[O-])c(Oc2ccc(C)cc2Cl)n1. The Labute approximate surface area is 126 Å². The highest BCUT2D eigenvalue weighted by Crippen LogP contribution is 2.33. The van der Waals surface area contributed by atoms with Crippen LogP contribution in [0.25, 0.3) is 0 Å². The van der Waals surface area contributed by atoms with Crippen LogP contribution in [0.3, 0.4) is 0 Å². The van der Waals surface area contributed by atoms with E-state index in [1.165, 1.54) is 0 Å². The number of rotatable bonds is 5. The Hall–Kier alpha value is -2.41. The van der Waals surface area contributed by atoms with Crippen molar-refractivity contribution in [2.75, 3.05) is 11.9 Å². The Bertz CT molecular complexity index is 678. The van der Waals surface area contributed by atoms with Gasteiger partial charge in [0.1, 0.15) is 11.9 Å². The van der Waals surface area contributed by atoms with E-state index in [0.29, 0.717) is 17.3 Å². The Morgan fingerprint density at radius 1 is 1.48 bits per heavy atom. The number of benzene rings is 1. The maximum Gasteiger partial charge on any atom is 0.349 e. The predicted molar refractivity (Wildman–Crippen MR) is 79.1 cm³/mol. The quantitative estimate of drug-likeness (QED) is 0.670. The number of anilines is 1. The molecule has 0 aliphatic carbocycles. The molecule has 1 N–H and O–H groups in total. The molecule has 0 radical (unpaired) electrons. The second-order valence-electron chi connectivity index (χ2n) is 4.21. The molecule has 0 aliphatic heterocycles. The van der Waals surface area contributed by atoms with Gasteiger partial charge in [0.25, 0.3) is 0 Å². The van der Waals surface area contributed by atoms with E-state index < -0.39 is 4.92 Å². The van der Waals surface area contributed by atoms with Crippen molar-refractivity contribution in [3.8, 4) is 11.6 Å². The molecule has 2 rings (SSSR count). The fourth-order valence-electron chi connectivity index (χ4n) is 1.60. The van der Waals surface area contributed by atoms with Gasteiger partial charge >= 0.3 is 11.6 Å². The molecule has 0 spiro atoms. The van der Waals surface area contributed by atoms with E-state index >= 15 is 0 Å². The molecule has 0 bridgehead atoms. The first-order chi connectivity index (χ1) is 10.0. The molecule has 1 heterocycles. The molecule has 1 aromatic heterocycles. The zero-order valence-corrected chi connectivity index (χ0v) is 12.2. The standard InChI is InChI=1S/C13H13ClN4O3/c1-3-15-13-16-7-10(18(19)20)12(17-13)21-11-5-4-8(2)6-9(11)14/h4-7H,3H2,1-2H3,(H,15,16,17). The van der Waals surface area contributed by atoms with Gasteiger partial charge in [0.2, 0.25) is 5.95 Å². The van der Waals surface area contributed by atoms with E-state index in [0.717, 1.165) is 11.8 Å². The topological polar surface area (TPSA) is 90.2 Å². The highest BCUT2D eigenvalue weighted by molar-refractivity contribution is 6.32. The van der Waals surface area contributed by atoms with Gasteiger partial charge in [-0.2, -0.15) is 4.98 Å². The summed E-state index contributed by atoms with van der Waals surface area (Å²) in [5.41, 5.74) is 0.631. The lowest BCUT2D eigenvalue weighted by atomic mass is 10.2. The summed E-state index contributed by atoms with van der Waals surface area (Å²) in [5, 5.41) is 14.2. The largest absolute Gasteiger partial charge is 0.432 e. The van der Waals surface area contributed by atoms with Crippen LogP contribution >= 0.6 is 11.6 Å². The normalized spacial score (nSPS) is 10.2. The molecule has 0 atom stereocenters. The van der Waals surface area contributed by atoms with Crippen molar-refractivity contribution >= 4 is 23.2 Å². The van der Waals surface area contributed by atoms with Gasteiger partial charge in [-0.3, -0.25) is 10.1 Å². The van der Waals surface area contributed by atoms with Crippen LogP contribution in [0.15, 0.2) is 24.4 Å². The number of ether oxygens (including phenoxy) is 1. The van der Waals surface area contributed by atoms with Gasteiger partial charge in [-0.25, -0.2) is 4.98 Å². The van der Waals surface area contributed by atoms with Crippen molar-refractivity contribution < 1.29 is 9.66 Å². The molecule has 0 aliphatic rings. The van der Waals surface area contributed by atoms with Crippen molar-refractivity contribution in [3.05, 3.63) is 45.1 Å². The first-order valence-electron chi connectivity index (χ1n) is 6.20. The molecule has 1 aromatic carbocycles. The van der Waals surface area contributed by atoms with Crippen LogP contribution in [0.4, 0.5) is 11.6 Å². The summed E-state index contributed by atoms with van der Waals surface area (Å²) in [6.07, 6.45) is 1.10. The highest BCUT2D eigenvalue weighted by Gasteiger charge is 2.20. The zero-order chi connectivity index (χ0) is 15.4. The summed E-state index contributed by atoms with van der Waals surface area (Å²) in [4.78, 5) is 18.3. The fourth-order valence-corrected chi connectivity index (χ4v) is 1.87. The third-order valence-electron chi connectivity index (χ3n) is 2.56. The van der Waals surface area contributed by atoms with E-state index in [-0.39, 0.29) is 17.5 Å². The number of nitro groups is 1. The molecule has 0 unspecified atom stereocenters. The molecule has 110 valence electrons. The molecule has 8 heteroatoms. The first kappa shape index (κ1) is 15.0. The Kier molecular flexibility index (Phi) is 4.54. The minimum Gasteiger partial charge on any atom is -0.432 e. The van der Waals surface area contributed by atoms with Crippen molar-refractivity contribution in [1.82, 2.24) is 9.97 Å². The number of nitrogens with one attached hydrogen (secondary N) is 1. The summed E-state index contributed by atoms with van der Waals surface area (Å²) in [5.74, 6) is 0.393. The Balaban J connectivity index is 2.40. The molecule has 0 fully saturated rings. The molecule has 2 aromatic rings. The van der Waals surface area contributed by atoms with Gasteiger partial charge in [-0.05, 0) is 31.5 Å². The van der Waals surface area contributed by atoms with Crippen LogP contribution in [-0.4, -0.2) is 21.4 Å². The van der Waals surface area contributed by atoms with Crippen LogP contribution in [0, 0.1) is 17.0 Å². The minimum absolute atomic E-state index is 0.156. The lowest BCUT2D eigenvalue weighted by Gasteiger charge is -2.09. The second kappa shape index (κ2) is 6.36. The van der Waals surface area contributed by atoms with E-state index in [1.54, 1.807) is 18.2 Å². The number of hydrogen-bond donors (Lipinski definition) is 1. The third kappa shape index (κ3) is 3.57. The molecular weight excluding hydrogens is 296 g/mol. The maximum atomic E-state index is 11.0. The monoisotopic (exact) mass is 308 g/mol. The second-order valence-corrected chi connectivity index (χ2v) is 4.61. The number of aryl methyl sites for hydroxylation is 1. The van der Waals surface area contributed by atoms with Crippen LogP contribution in [0.2, 0.25) is 5.02 Å². The maximum absolute atomic E-state index is 11.0. The van der Waals surface area contributed by atoms with Gasteiger partial charge < -0.3 is 10.1 Å². The summed E-state index contributed by atoms with van der Waals surface area (Å²) in [6, 6.07) is 5.13. The van der Waals surface area contributed by atoms with Gasteiger partial charge in [0, 0.05) is 6.54 Å². The van der Waals surface area contributed by atoms with Crippen LogP contribution < -0.4 is 10.1 Å². The van der Waals surface area contributed by atoms with Gasteiger partial charge in [0.05, 0.1) is 9.95 Å². The molecule has 0 saturated heterocycles. The Morgan fingerprint density at radius 2 is 2.24 bits per heavy atom.